The summed E-state index contributed by atoms with van der Waals surface area (Å²) in [6.07, 6.45) is 1.58. The number of para-hydroxylation sites is 1. The predicted octanol–water partition coefficient (Wildman–Crippen LogP) is 2.61. The molecule has 4 nitrogen and oxygen atoms in total. The van der Waals surface area contributed by atoms with E-state index in [0.29, 0.717) is 0 Å². The lowest BCUT2D eigenvalue weighted by Gasteiger charge is -2.20. The van der Waals surface area contributed by atoms with Crippen LogP contribution < -0.4 is 4.90 Å². The predicted molar refractivity (Wildman–Crippen MR) is 71.0 cm³/mol. The Morgan fingerprint density at radius 2 is 1.94 bits per heavy atom. The van der Waals surface area contributed by atoms with Crippen LogP contribution >= 0.6 is 0 Å². The van der Waals surface area contributed by atoms with Crippen LogP contribution in [0.1, 0.15) is 25.2 Å². The molecule has 0 N–H and O–H groups in total. The van der Waals surface area contributed by atoms with Gasteiger partial charge in [-0.15, -0.1) is 0 Å². The van der Waals surface area contributed by atoms with Crippen molar-refractivity contribution >= 4 is 11.6 Å². The van der Waals surface area contributed by atoms with E-state index in [2.05, 4.69) is 58.0 Å². The van der Waals surface area contributed by atoms with E-state index in [1.54, 1.807) is 6.33 Å². The Morgan fingerprint density at radius 3 is 2.72 bits per heavy atom. The molecule has 0 atom stereocenters. The number of fused-ring (bicyclic) bond motifs is 1. The van der Waals surface area contributed by atoms with E-state index in [0.717, 1.165) is 18.3 Å². The number of aromatic nitrogens is 3. The van der Waals surface area contributed by atoms with Crippen LogP contribution in [0.2, 0.25) is 0 Å². The van der Waals surface area contributed by atoms with Crippen molar-refractivity contribution in [1.29, 1.82) is 0 Å². The zero-order chi connectivity index (χ0) is 12.8. The highest BCUT2D eigenvalue weighted by atomic mass is 15.3. The van der Waals surface area contributed by atoms with Crippen LogP contribution in [-0.2, 0) is 5.41 Å². The van der Waals surface area contributed by atoms with Crippen molar-refractivity contribution in [1.82, 2.24) is 15.0 Å². The molecule has 2 aromatic rings. The lowest BCUT2D eigenvalue weighted by molar-refractivity contribution is 0.565. The van der Waals surface area contributed by atoms with E-state index in [9.17, 15) is 0 Å². The molecule has 0 unspecified atom stereocenters. The number of benzene rings is 1. The summed E-state index contributed by atoms with van der Waals surface area (Å²) < 4.78 is 0. The zero-order valence-electron chi connectivity index (χ0n) is 10.9. The Kier molecular flexibility index (Phi) is 2.33. The summed E-state index contributed by atoms with van der Waals surface area (Å²) in [6.45, 7) is 7.29. The summed E-state index contributed by atoms with van der Waals surface area (Å²) in [5.74, 6) is 1.49. The molecule has 18 heavy (non-hydrogen) atoms. The summed E-state index contributed by atoms with van der Waals surface area (Å²) in [6, 6.07) is 8.45. The molecule has 1 aromatic heterocycles. The second-order valence-electron chi connectivity index (χ2n) is 5.32. The highest BCUT2D eigenvalue weighted by molar-refractivity contribution is 5.68. The van der Waals surface area contributed by atoms with Crippen molar-refractivity contribution in [3.63, 3.8) is 0 Å². The van der Waals surface area contributed by atoms with Crippen molar-refractivity contribution in [2.45, 2.75) is 26.2 Å². The number of hydrogen-bond acceptors (Lipinski definition) is 4. The Bertz CT molecular complexity index is 592. The van der Waals surface area contributed by atoms with Gasteiger partial charge >= 0.3 is 0 Å². The molecule has 1 aliphatic heterocycles. The van der Waals surface area contributed by atoms with Gasteiger partial charge in [0.15, 0.2) is 0 Å². The first-order chi connectivity index (χ1) is 8.58. The molecule has 0 saturated carbocycles. The SMILES string of the molecule is Cc1ncnc(N2CC(C)(C)c3ccccc32)n1. The van der Waals surface area contributed by atoms with Gasteiger partial charge in [-0.3, -0.25) is 0 Å². The molecule has 0 saturated heterocycles. The Labute approximate surface area is 107 Å². The first-order valence-corrected chi connectivity index (χ1v) is 6.11. The third-order valence-electron chi connectivity index (χ3n) is 3.40. The van der Waals surface area contributed by atoms with Crippen molar-refractivity contribution in [3.05, 3.63) is 42.0 Å². The van der Waals surface area contributed by atoms with Crippen LogP contribution in [0.15, 0.2) is 30.6 Å². The smallest absolute Gasteiger partial charge is 0.233 e. The third-order valence-corrected chi connectivity index (χ3v) is 3.40. The van der Waals surface area contributed by atoms with Crippen molar-refractivity contribution < 1.29 is 0 Å². The summed E-state index contributed by atoms with van der Waals surface area (Å²) in [4.78, 5) is 14.9. The van der Waals surface area contributed by atoms with Crippen LogP contribution in [0.25, 0.3) is 0 Å². The highest BCUT2D eigenvalue weighted by Crippen LogP contribution is 2.42. The lowest BCUT2D eigenvalue weighted by atomic mass is 9.87. The van der Waals surface area contributed by atoms with Gasteiger partial charge in [0.2, 0.25) is 5.95 Å². The van der Waals surface area contributed by atoms with E-state index in [1.165, 1.54) is 11.3 Å². The number of nitrogens with zero attached hydrogens (tertiary/aromatic N) is 4. The van der Waals surface area contributed by atoms with Crippen LogP contribution in [0.5, 0.6) is 0 Å². The molecule has 1 aliphatic rings. The number of hydrogen-bond donors (Lipinski definition) is 0. The van der Waals surface area contributed by atoms with E-state index >= 15 is 0 Å². The molecule has 0 amide bonds. The second-order valence-corrected chi connectivity index (χ2v) is 5.32. The van der Waals surface area contributed by atoms with Gasteiger partial charge in [0.25, 0.3) is 0 Å². The minimum atomic E-state index is 0.122. The number of anilines is 2. The fourth-order valence-electron chi connectivity index (χ4n) is 2.52. The summed E-state index contributed by atoms with van der Waals surface area (Å²) in [7, 11) is 0. The molecule has 1 aromatic carbocycles. The normalized spacial score (nSPS) is 16.7. The molecule has 2 heterocycles. The average molecular weight is 240 g/mol. The first-order valence-electron chi connectivity index (χ1n) is 6.11. The second kappa shape index (κ2) is 3.77. The summed E-state index contributed by atoms with van der Waals surface area (Å²) in [5, 5.41) is 0. The Hall–Kier alpha value is -1.97. The maximum absolute atomic E-state index is 4.42. The van der Waals surface area contributed by atoms with E-state index in [4.69, 9.17) is 0 Å². The fourth-order valence-corrected chi connectivity index (χ4v) is 2.52. The minimum absolute atomic E-state index is 0.122. The molecule has 0 aliphatic carbocycles. The third kappa shape index (κ3) is 1.65. The number of aryl methyl sites for hydroxylation is 1. The molecular weight excluding hydrogens is 224 g/mol. The summed E-state index contributed by atoms with van der Waals surface area (Å²) in [5.41, 5.74) is 2.67. The molecule has 92 valence electrons. The molecule has 0 spiro atoms. The van der Waals surface area contributed by atoms with Crippen LogP contribution in [0, 0.1) is 6.92 Å². The molecule has 0 radical (unpaired) electrons. The minimum Gasteiger partial charge on any atom is -0.309 e. The monoisotopic (exact) mass is 240 g/mol. The maximum atomic E-state index is 4.42. The molecule has 0 bridgehead atoms. The van der Waals surface area contributed by atoms with Gasteiger partial charge in [0.05, 0.1) is 0 Å². The standard InChI is InChI=1S/C14H16N4/c1-10-15-9-16-13(17-10)18-8-14(2,3)11-6-4-5-7-12(11)18/h4-7,9H,8H2,1-3H3. The van der Waals surface area contributed by atoms with Gasteiger partial charge in [0, 0.05) is 17.6 Å². The Balaban J connectivity index is 2.11. The zero-order valence-corrected chi connectivity index (χ0v) is 10.9. The average Bonchev–Trinajstić information content (AvgIpc) is 2.63. The topological polar surface area (TPSA) is 41.9 Å². The van der Waals surface area contributed by atoms with Crippen LogP contribution in [-0.4, -0.2) is 21.5 Å². The van der Waals surface area contributed by atoms with E-state index < -0.39 is 0 Å². The first kappa shape index (κ1) is 11.1. The quantitative estimate of drug-likeness (QED) is 0.768. The van der Waals surface area contributed by atoms with Crippen LogP contribution in [0.4, 0.5) is 11.6 Å². The van der Waals surface area contributed by atoms with Crippen LogP contribution in [0.3, 0.4) is 0 Å². The van der Waals surface area contributed by atoms with E-state index in [1.807, 2.05) is 6.92 Å². The van der Waals surface area contributed by atoms with Crippen molar-refractivity contribution in [2.75, 3.05) is 11.4 Å². The van der Waals surface area contributed by atoms with E-state index in [-0.39, 0.29) is 5.41 Å². The molecule has 0 fully saturated rings. The molecular formula is C14H16N4. The molecule has 3 rings (SSSR count). The largest absolute Gasteiger partial charge is 0.309 e. The van der Waals surface area contributed by atoms with Crippen molar-refractivity contribution in [2.24, 2.45) is 0 Å². The fraction of sp³-hybridized carbons (Fsp3) is 0.357. The van der Waals surface area contributed by atoms with Crippen molar-refractivity contribution in [3.8, 4) is 0 Å². The van der Waals surface area contributed by atoms with Gasteiger partial charge in [-0.25, -0.2) is 9.97 Å². The van der Waals surface area contributed by atoms with Gasteiger partial charge in [-0.05, 0) is 18.6 Å². The number of rotatable bonds is 1. The van der Waals surface area contributed by atoms with Gasteiger partial charge in [-0.2, -0.15) is 4.98 Å². The molecule has 4 heteroatoms. The maximum Gasteiger partial charge on any atom is 0.233 e. The van der Waals surface area contributed by atoms with Gasteiger partial charge in [-0.1, -0.05) is 32.0 Å². The van der Waals surface area contributed by atoms with Gasteiger partial charge in [0.1, 0.15) is 12.2 Å². The summed E-state index contributed by atoms with van der Waals surface area (Å²) >= 11 is 0. The van der Waals surface area contributed by atoms with Gasteiger partial charge < -0.3 is 4.90 Å². The Morgan fingerprint density at radius 1 is 1.17 bits per heavy atom. The highest BCUT2D eigenvalue weighted by Gasteiger charge is 2.36. The lowest BCUT2D eigenvalue weighted by Crippen LogP contribution is -2.26.